The van der Waals surface area contributed by atoms with E-state index in [-0.39, 0.29) is 18.4 Å². The zero-order valence-electron chi connectivity index (χ0n) is 15.5. The lowest BCUT2D eigenvalue weighted by atomic mass is 10.1. The molecule has 2 aromatic rings. The number of hydrogen-bond donors (Lipinski definition) is 0. The van der Waals surface area contributed by atoms with E-state index in [0.717, 1.165) is 17.7 Å². The predicted octanol–water partition coefficient (Wildman–Crippen LogP) is 3.55. The third-order valence-corrected chi connectivity index (χ3v) is 5.07. The number of hydrogen-bond acceptors (Lipinski definition) is 3. The van der Waals surface area contributed by atoms with Gasteiger partial charge in [-0.1, -0.05) is 36.7 Å². The SMILES string of the molecule is CCc1ccccc1N1CCN(C(=O)COc2ccc(Cl)cc2)[C@H](C)C1=O. The van der Waals surface area contributed by atoms with Crippen molar-refractivity contribution in [2.75, 3.05) is 24.6 Å². The van der Waals surface area contributed by atoms with E-state index in [9.17, 15) is 9.59 Å². The standard InChI is InChI=1S/C21H23ClN2O3/c1-3-16-6-4-5-7-19(16)24-13-12-23(15(2)21(24)26)20(25)14-27-18-10-8-17(22)9-11-18/h4-11,15H,3,12-14H2,1-2H3/t15-/m1/s1. The second-order valence-electron chi connectivity index (χ2n) is 6.48. The van der Waals surface area contributed by atoms with Gasteiger partial charge >= 0.3 is 0 Å². The van der Waals surface area contributed by atoms with Crippen molar-refractivity contribution >= 4 is 29.1 Å². The van der Waals surface area contributed by atoms with E-state index < -0.39 is 6.04 Å². The number of aryl methyl sites for hydroxylation is 1. The Morgan fingerprint density at radius 3 is 2.56 bits per heavy atom. The number of para-hydroxylation sites is 1. The number of carbonyl (C=O) groups excluding carboxylic acids is 2. The van der Waals surface area contributed by atoms with E-state index >= 15 is 0 Å². The van der Waals surface area contributed by atoms with Gasteiger partial charge in [-0.15, -0.1) is 0 Å². The number of rotatable bonds is 5. The van der Waals surface area contributed by atoms with Crippen LogP contribution in [0.15, 0.2) is 48.5 Å². The minimum Gasteiger partial charge on any atom is -0.484 e. The zero-order chi connectivity index (χ0) is 19.4. The van der Waals surface area contributed by atoms with Crippen LogP contribution in [-0.4, -0.2) is 42.5 Å². The molecule has 0 N–H and O–H groups in total. The first-order valence-corrected chi connectivity index (χ1v) is 9.46. The molecule has 1 aliphatic heterocycles. The van der Waals surface area contributed by atoms with Crippen molar-refractivity contribution in [1.29, 1.82) is 0 Å². The normalized spacial score (nSPS) is 17.1. The Balaban J connectivity index is 1.65. The highest BCUT2D eigenvalue weighted by Crippen LogP contribution is 2.25. The van der Waals surface area contributed by atoms with Gasteiger partial charge in [0.05, 0.1) is 0 Å². The van der Waals surface area contributed by atoms with Crippen LogP contribution < -0.4 is 9.64 Å². The molecule has 1 fully saturated rings. The van der Waals surface area contributed by atoms with Crippen LogP contribution in [0.25, 0.3) is 0 Å². The minimum absolute atomic E-state index is 0.0676. The van der Waals surface area contributed by atoms with E-state index in [1.54, 1.807) is 41.0 Å². The van der Waals surface area contributed by atoms with Crippen molar-refractivity contribution in [2.24, 2.45) is 0 Å². The van der Waals surface area contributed by atoms with Gasteiger partial charge in [0, 0.05) is 23.8 Å². The lowest BCUT2D eigenvalue weighted by Gasteiger charge is -2.39. The zero-order valence-corrected chi connectivity index (χ0v) is 16.3. The molecule has 1 heterocycles. The summed E-state index contributed by atoms with van der Waals surface area (Å²) in [7, 11) is 0. The van der Waals surface area contributed by atoms with Gasteiger partial charge < -0.3 is 14.5 Å². The van der Waals surface area contributed by atoms with Crippen LogP contribution in [0.2, 0.25) is 5.02 Å². The molecule has 1 aliphatic rings. The van der Waals surface area contributed by atoms with Gasteiger partial charge in [-0.05, 0) is 49.2 Å². The van der Waals surface area contributed by atoms with Gasteiger partial charge in [-0.3, -0.25) is 9.59 Å². The molecule has 6 heteroatoms. The molecule has 0 bridgehead atoms. The molecule has 0 unspecified atom stereocenters. The summed E-state index contributed by atoms with van der Waals surface area (Å²) >= 11 is 5.84. The second kappa shape index (κ2) is 8.44. The summed E-state index contributed by atoms with van der Waals surface area (Å²) in [4.78, 5) is 28.8. The summed E-state index contributed by atoms with van der Waals surface area (Å²) < 4.78 is 5.53. The van der Waals surface area contributed by atoms with Crippen LogP contribution in [0.3, 0.4) is 0 Å². The molecule has 0 aliphatic carbocycles. The first-order chi connectivity index (χ1) is 13.0. The Morgan fingerprint density at radius 1 is 1.15 bits per heavy atom. The highest BCUT2D eigenvalue weighted by atomic mass is 35.5. The first kappa shape index (κ1) is 19.2. The maximum atomic E-state index is 12.9. The number of halogens is 1. The van der Waals surface area contributed by atoms with Gasteiger partial charge in [-0.2, -0.15) is 0 Å². The van der Waals surface area contributed by atoms with E-state index in [1.807, 2.05) is 24.3 Å². The molecular formula is C21H23ClN2O3. The van der Waals surface area contributed by atoms with Gasteiger partial charge in [0.25, 0.3) is 5.91 Å². The minimum atomic E-state index is -0.523. The largest absolute Gasteiger partial charge is 0.484 e. The number of carbonyl (C=O) groups is 2. The number of nitrogens with zero attached hydrogens (tertiary/aromatic N) is 2. The van der Waals surface area contributed by atoms with Crippen LogP contribution >= 0.6 is 11.6 Å². The molecule has 2 amide bonds. The van der Waals surface area contributed by atoms with Crippen LogP contribution in [0.4, 0.5) is 5.69 Å². The van der Waals surface area contributed by atoms with E-state index in [1.165, 1.54) is 0 Å². The predicted molar refractivity (Wildman–Crippen MR) is 106 cm³/mol. The van der Waals surface area contributed by atoms with Crippen LogP contribution in [0.1, 0.15) is 19.4 Å². The van der Waals surface area contributed by atoms with E-state index in [4.69, 9.17) is 16.3 Å². The molecule has 27 heavy (non-hydrogen) atoms. The van der Waals surface area contributed by atoms with Crippen molar-refractivity contribution < 1.29 is 14.3 Å². The highest BCUT2D eigenvalue weighted by molar-refractivity contribution is 6.30. The number of piperazine rings is 1. The van der Waals surface area contributed by atoms with Gasteiger partial charge in [0.1, 0.15) is 11.8 Å². The third kappa shape index (κ3) is 4.25. The molecule has 0 spiro atoms. The molecule has 1 atom stereocenters. The monoisotopic (exact) mass is 386 g/mol. The Bertz CT molecular complexity index is 822. The fraction of sp³-hybridized carbons (Fsp3) is 0.333. The lowest BCUT2D eigenvalue weighted by Crippen LogP contribution is -2.58. The number of amides is 2. The molecule has 0 saturated carbocycles. The van der Waals surface area contributed by atoms with Crippen LogP contribution in [0, 0.1) is 0 Å². The quantitative estimate of drug-likeness (QED) is 0.789. The molecule has 142 valence electrons. The van der Waals surface area contributed by atoms with Crippen molar-refractivity contribution in [3.05, 3.63) is 59.1 Å². The van der Waals surface area contributed by atoms with Crippen LogP contribution in [0.5, 0.6) is 5.75 Å². The second-order valence-corrected chi connectivity index (χ2v) is 6.91. The average molecular weight is 387 g/mol. The van der Waals surface area contributed by atoms with Crippen molar-refractivity contribution in [3.63, 3.8) is 0 Å². The summed E-state index contributed by atoms with van der Waals surface area (Å²) in [6.07, 6.45) is 0.853. The molecule has 3 rings (SSSR count). The summed E-state index contributed by atoms with van der Waals surface area (Å²) in [6, 6.07) is 14.2. The molecule has 5 nitrogen and oxygen atoms in total. The maximum Gasteiger partial charge on any atom is 0.261 e. The Hall–Kier alpha value is -2.53. The van der Waals surface area contributed by atoms with Crippen LogP contribution in [-0.2, 0) is 16.0 Å². The topological polar surface area (TPSA) is 49.9 Å². The summed E-state index contributed by atoms with van der Waals surface area (Å²) in [5, 5.41) is 0.608. The van der Waals surface area contributed by atoms with Crippen molar-refractivity contribution in [1.82, 2.24) is 4.90 Å². The molecule has 2 aromatic carbocycles. The summed E-state index contributed by atoms with van der Waals surface area (Å²) in [5.74, 6) is 0.304. The number of benzene rings is 2. The molecule has 0 radical (unpaired) electrons. The Morgan fingerprint density at radius 2 is 1.85 bits per heavy atom. The van der Waals surface area contributed by atoms with Crippen molar-refractivity contribution in [2.45, 2.75) is 26.3 Å². The van der Waals surface area contributed by atoms with Gasteiger partial charge in [0.15, 0.2) is 6.61 Å². The summed E-state index contributed by atoms with van der Waals surface area (Å²) in [5.41, 5.74) is 2.06. The highest BCUT2D eigenvalue weighted by Gasteiger charge is 2.35. The fourth-order valence-corrected chi connectivity index (χ4v) is 3.41. The summed E-state index contributed by atoms with van der Waals surface area (Å²) in [6.45, 7) is 4.69. The Kier molecular flexibility index (Phi) is 6.01. The lowest BCUT2D eigenvalue weighted by molar-refractivity contribution is -0.142. The molecule has 0 aromatic heterocycles. The maximum absolute atomic E-state index is 12.9. The molecule has 1 saturated heterocycles. The average Bonchev–Trinajstić information content (AvgIpc) is 2.69. The van der Waals surface area contributed by atoms with Crippen molar-refractivity contribution in [3.8, 4) is 5.75 Å². The Labute approximate surface area is 164 Å². The van der Waals surface area contributed by atoms with Gasteiger partial charge in [-0.25, -0.2) is 0 Å². The smallest absolute Gasteiger partial charge is 0.261 e. The fourth-order valence-electron chi connectivity index (χ4n) is 3.28. The molecular weight excluding hydrogens is 364 g/mol. The first-order valence-electron chi connectivity index (χ1n) is 9.08. The third-order valence-electron chi connectivity index (χ3n) is 4.82. The van der Waals surface area contributed by atoms with Gasteiger partial charge in [0.2, 0.25) is 5.91 Å². The number of ether oxygens (including phenoxy) is 1. The van der Waals surface area contributed by atoms with E-state index in [0.29, 0.717) is 23.9 Å². The van der Waals surface area contributed by atoms with E-state index in [2.05, 4.69) is 6.92 Å². The number of anilines is 1.